The highest BCUT2D eigenvalue weighted by molar-refractivity contribution is 7.89. The van der Waals surface area contributed by atoms with Crippen LogP contribution in [0.25, 0.3) is 0 Å². The van der Waals surface area contributed by atoms with Crippen molar-refractivity contribution in [2.75, 3.05) is 6.54 Å². The molecular weight excluding hydrogens is 292 g/mol. The van der Waals surface area contributed by atoms with Crippen LogP contribution in [0.4, 0.5) is 0 Å². The molecule has 2 rings (SSSR count). The van der Waals surface area contributed by atoms with E-state index < -0.39 is 10.0 Å². The van der Waals surface area contributed by atoms with Gasteiger partial charge in [0.25, 0.3) is 0 Å². The molecule has 2 N–H and O–H groups in total. The zero-order chi connectivity index (χ0) is 14.6. The Bertz CT molecular complexity index is 651. The first-order chi connectivity index (χ1) is 9.57. The van der Waals surface area contributed by atoms with Crippen molar-refractivity contribution < 1.29 is 8.42 Å². The molecule has 1 heterocycles. The van der Waals surface area contributed by atoms with Crippen molar-refractivity contribution >= 4 is 21.4 Å². The van der Waals surface area contributed by atoms with Gasteiger partial charge in [0.2, 0.25) is 10.0 Å². The second-order valence-corrected chi connectivity index (χ2v) is 7.30. The van der Waals surface area contributed by atoms with Gasteiger partial charge >= 0.3 is 0 Å². The Balaban J connectivity index is 2.25. The van der Waals surface area contributed by atoms with Crippen LogP contribution in [-0.2, 0) is 23.1 Å². The molecule has 0 amide bonds. The highest BCUT2D eigenvalue weighted by Crippen LogP contribution is 2.23. The summed E-state index contributed by atoms with van der Waals surface area (Å²) in [5, 5.41) is 1.66. The van der Waals surface area contributed by atoms with Gasteiger partial charge in [0, 0.05) is 29.9 Å². The van der Waals surface area contributed by atoms with Crippen molar-refractivity contribution in [3.05, 3.63) is 52.2 Å². The molecule has 108 valence electrons. The largest absolute Gasteiger partial charge is 0.326 e. The molecule has 0 fully saturated rings. The highest BCUT2D eigenvalue weighted by atomic mass is 32.2. The number of sulfonamides is 1. The first kappa shape index (κ1) is 15.2. The average molecular weight is 310 g/mol. The van der Waals surface area contributed by atoms with E-state index in [-0.39, 0.29) is 0 Å². The molecule has 0 unspecified atom stereocenters. The molecule has 0 bridgehead atoms. The van der Waals surface area contributed by atoms with E-state index in [4.69, 9.17) is 5.73 Å². The lowest BCUT2D eigenvalue weighted by Gasteiger charge is -2.19. The number of benzene rings is 1. The number of hydrogen-bond donors (Lipinski definition) is 1. The number of thiophene rings is 1. The second kappa shape index (κ2) is 6.49. The van der Waals surface area contributed by atoms with E-state index in [0.717, 1.165) is 10.4 Å². The van der Waals surface area contributed by atoms with Crippen LogP contribution in [0.5, 0.6) is 0 Å². The van der Waals surface area contributed by atoms with Gasteiger partial charge in [-0.15, -0.1) is 11.3 Å². The monoisotopic (exact) mass is 310 g/mol. The molecule has 0 atom stereocenters. The Morgan fingerprint density at radius 2 is 1.95 bits per heavy atom. The average Bonchev–Trinajstić information content (AvgIpc) is 2.95. The van der Waals surface area contributed by atoms with Gasteiger partial charge < -0.3 is 5.73 Å². The molecule has 0 saturated carbocycles. The molecule has 1 aromatic heterocycles. The van der Waals surface area contributed by atoms with Crippen LogP contribution in [-0.4, -0.2) is 19.3 Å². The summed E-state index contributed by atoms with van der Waals surface area (Å²) in [5.74, 6) is 0. The van der Waals surface area contributed by atoms with Crippen molar-refractivity contribution in [3.8, 4) is 0 Å². The molecule has 4 nitrogen and oxygen atoms in total. The summed E-state index contributed by atoms with van der Waals surface area (Å²) < 4.78 is 26.7. The molecule has 0 aliphatic carbocycles. The van der Waals surface area contributed by atoms with Crippen molar-refractivity contribution in [2.24, 2.45) is 5.73 Å². The minimum absolute atomic E-state index is 0.334. The van der Waals surface area contributed by atoms with E-state index in [1.807, 2.05) is 37.3 Å². The lowest BCUT2D eigenvalue weighted by Crippen LogP contribution is -2.30. The molecule has 0 saturated heterocycles. The third kappa shape index (κ3) is 3.27. The molecule has 0 radical (unpaired) electrons. The van der Waals surface area contributed by atoms with Gasteiger partial charge in [-0.3, -0.25) is 0 Å². The van der Waals surface area contributed by atoms with Crippen molar-refractivity contribution in [1.29, 1.82) is 0 Å². The molecule has 6 heteroatoms. The Morgan fingerprint density at radius 1 is 1.25 bits per heavy atom. The third-order valence-electron chi connectivity index (χ3n) is 3.02. The maximum absolute atomic E-state index is 12.6. The molecular formula is C14H18N2O2S2. The molecule has 0 aliphatic heterocycles. The van der Waals surface area contributed by atoms with Gasteiger partial charge in [-0.2, -0.15) is 4.31 Å². The molecule has 20 heavy (non-hydrogen) atoms. The van der Waals surface area contributed by atoms with E-state index in [1.165, 1.54) is 15.6 Å². The first-order valence-electron chi connectivity index (χ1n) is 6.39. The fraction of sp³-hybridized carbons (Fsp3) is 0.286. The quantitative estimate of drug-likeness (QED) is 0.891. The van der Waals surface area contributed by atoms with Crippen molar-refractivity contribution in [1.82, 2.24) is 4.31 Å². The van der Waals surface area contributed by atoms with E-state index in [1.54, 1.807) is 11.4 Å². The Hall–Kier alpha value is -1.21. The molecule has 2 aromatic rings. The minimum atomic E-state index is -3.45. The lowest BCUT2D eigenvalue weighted by atomic mass is 10.2. The molecule has 0 spiro atoms. The summed E-state index contributed by atoms with van der Waals surface area (Å²) >= 11 is 1.38. The molecule has 0 aliphatic rings. The highest BCUT2D eigenvalue weighted by Gasteiger charge is 2.24. The van der Waals surface area contributed by atoms with Crippen LogP contribution in [0.1, 0.15) is 17.4 Å². The van der Waals surface area contributed by atoms with E-state index in [9.17, 15) is 8.42 Å². The van der Waals surface area contributed by atoms with E-state index in [2.05, 4.69) is 0 Å². The van der Waals surface area contributed by atoms with Crippen LogP contribution in [0, 0.1) is 0 Å². The van der Waals surface area contributed by atoms with Gasteiger partial charge in [0.1, 0.15) is 0 Å². The summed E-state index contributed by atoms with van der Waals surface area (Å²) in [6, 6.07) is 11.3. The Morgan fingerprint density at radius 3 is 2.50 bits per heavy atom. The van der Waals surface area contributed by atoms with Gasteiger partial charge in [-0.1, -0.05) is 37.3 Å². The summed E-state index contributed by atoms with van der Waals surface area (Å²) in [6.07, 6.45) is 0. The van der Waals surface area contributed by atoms with Crippen LogP contribution in [0.3, 0.4) is 0 Å². The number of rotatable bonds is 6. The van der Waals surface area contributed by atoms with Crippen LogP contribution in [0.15, 0.2) is 46.7 Å². The second-order valence-electron chi connectivity index (χ2n) is 4.37. The van der Waals surface area contributed by atoms with Gasteiger partial charge in [0.05, 0.1) is 4.90 Å². The maximum Gasteiger partial charge on any atom is 0.244 e. The maximum atomic E-state index is 12.6. The summed E-state index contributed by atoms with van der Waals surface area (Å²) in [6.45, 7) is 3.03. The van der Waals surface area contributed by atoms with E-state index in [0.29, 0.717) is 24.5 Å². The first-order valence-corrected chi connectivity index (χ1v) is 8.71. The smallest absolute Gasteiger partial charge is 0.244 e. The van der Waals surface area contributed by atoms with Crippen molar-refractivity contribution in [2.45, 2.75) is 24.9 Å². The summed E-state index contributed by atoms with van der Waals surface area (Å²) in [7, 11) is -3.45. The fourth-order valence-corrected chi connectivity index (χ4v) is 4.49. The molecule has 1 aromatic carbocycles. The Labute approximate surface area is 123 Å². The number of hydrogen-bond acceptors (Lipinski definition) is 4. The van der Waals surface area contributed by atoms with Crippen molar-refractivity contribution in [3.63, 3.8) is 0 Å². The number of nitrogens with zero attached hydrogens (tertiary/aromatic N) is 1. The zero-order valence-corrected chi connectivity index (χ0v) is 13.0. The standard InChI is InChI=1S/C14H18N2O2S2/c1-2-16(10-12-6-4-3-5-7-12)20(17,18)14-8-13(9-15)19-11-14/h3-8,11H,2,9-10,15H2,1H3. The van der Waals surface area contributed by atoms with Gasteiger partial charge in [-0.05, 0) is 11.6 Å². The topological polar surface area (TPSA) is 63.4 Å². The predicted octanol–water partition coefficient (Wildman–Crippen LogP) is 2.42. The normalized spacial score (nSPS) is 11.9. The Kier molecular flexibility index (Phi) is 4.93. The SMILES string of the molecule is CCN(Cc1ccccc1)S(=O)(=O)c1csc(CN)c1. The van der Waals surface area contributed by atoms with Gasteiger partial charge in [-0.25, -0.2) is 8.42 Å². The third-order valence-corrected chi connectivity index (χ3v) is 6.03. The minimum Gasteiger partial charge on any atom is -0.326 e. The number of nitrogens with two attached hydrogens (primary N) is 1. The summed E-state index contributed by atoms with van der Waals surface area (Å²) in [5.41, 5.74) is 6.52. The van der Waals surface area contributed by atoms with Crippen LogP contribution < -0.4 is 5.73 Å². The lowest BCUT2D eigenvalue weighted by molar-refractivity contribution is 0.423. The van der Waals surface area contributed by atoms with E-state index >= 15 is 0 Å². The zero-order valence-electron chi connectivity index (χ0n) is 11.3. The summed E-state index contributed by atoms with van der Waals surface area (Å²) in [4.78, 5) is 1.21. The van der Waals surface area contributed by atoms with Gasteiger partial charge in [0.15, 0.2) is 0 Å². The van der Waals surface area contributed by atoms with Crippen LogP contribution >= 0.6 is 11.3 Å². The fourth-order valence-electron chi connectivity index (χ4n) is 1.91. The predicted molar refractivity (Wildman–Crippen MR) is 81.9 cm³/mol. The van der Waals surface area contributed by atoms with Crippen LogP contribution in [0.2, 0.25) is 0 Å².